The molecular formula is C19H22FN3O3S2. The Kier molecular flexibility index (Phi) is 5.48. The third-order valence-electron chi connectivity index (χ3n) is 5.28. The third kappa shape index (κ3) is 3.97. The molecule has 1 aromatic heterocycles. The van der Waals surface area contributed by atoms with Crippen molar-refractivity contribution in [3.8, 4) is 0 Å². The minimum absolute atomic E-state index is 0.0440. The number of anilines is 1. The summed E-state index contributed by atoms with van der Waals surface area (Å²) in [6.45, 7) is 0.478. The zero-order valence-electron chi connectivity index (χ0n) is 15.4. The van der Waals surface area contributed by atoms with Gasteiger partial charge in [0, 0.05) is 18.0 Å². The Hall–Kier alpha value is -1.84. The van der Waals surface area contributed by atoms with Crippen molar-refractivity contribution >= 4 is 32.4 Å². The summed E-state index contributed by atoms with van der Waals surface area (Å²) in [5.41, 5.74) is 1.08. The average Bonchev–Trinajstić information content (AvgIpc) is 3.10. The lowest BCUT2D eigenvalue weighted by Crippen LogP contribution is -2.43. The molecule has 1 aliphatic carbocycles. The second kappa shape index (κ2) is 7.88. The zero-order valence-corrected chi connectivity index (χ0v) is 17.0. The Bertz CT molecular complexity index is 949. The molecule has 150 valence electrons. The molecule has 0 radical (unpaired) electrons. The molecule has 1 aliphatic heterocycles. The molecule has 0 spiro atoms. The van der Waals surface area contributed by atoms with E-state index in [2.05, 4.69) is 10.3 Å². The van der Waals surface area contributed by atoms with Crippen molar-refractivity contribution in [1.29, 1.82) is 0 Å². The highest BCUT2D eigenvalue weighted by Gasteiger charge is 2.33. The van der Waals surface area contributed by atoms with Crippen molar-refractivity contribution in [2.75, 3.05) is 18.4 Å². The number of carbonyl (C=O) groups is 1. The lowest BCUT2D eigenvalue weighted by atomic mass is 9.99. The fourth-order valence-electron chi connectivity index (χ4n) is 3.74. The highest BCUT2D eigenvalue weighted by molar-refractivity contribution is 7.89. The summed E-state index contributed by atoms with van der Waals surface area (Å²) < 4.78 is 40.1. The van der Waals surface area contributed by atoms with Gasteiger partial charge in [-0.1, -0.05) is 0 Å². The molecule has 0 bridgehead atoms. The molecule has 2 aliphatic rings. The molecule has 6 nitrogen and oxygen atoms in total. The maximum atomic E-state index is 13.1. The van der Waals surface area contributed by atoms with E-state index in [1.807, 2.05) is 0 Å². The number of halogens is 1. The fraction of sp³-hybridized carbons (Fsp3) is 0.474. The molecule has 1 amide bonds. The van der Waals surface area contributed by atoms with Gasteiger partial charge in [-0.2, -0.15) is 4.31 Å². The van der Waals surface area contributed by atoms with Crippen LogP contribution in [0, 0.1) is 11.7 Å². The number of nitrogens with one attached hydrogen (secondary N) is 1. The second-order valence-corrected chi connectivity index (χ2v) is 10.3. The standard InChI is InChI=1S/C19H22FN3O3S2/c20-14-7-9-15(10-8-14)28(25,26)23-11-3-4-13(12-23)18(24)22-19-21-16-5-1-2-6-17(16)27-19/h7-10,13H,1-6,11-12H2,(H,21,22,24). The number of benzene rings is 1. The number of sulfonamides is 1. The van der Waals surface area contributed by atoms with E-state index in [9.17, 15) is 17.6 Å². The molecule has 28 heavy (non-hydrogen) atoms. The van der Waals surface area contributed by atoms with Crippen LogP contribution in [0.15, 0.2) is 29.2 Å². The molecule has 1 N–H and O–H groups in total. The van der Waals surface area contributed by atoms with Gasteiger partial charge in [0.05, 0.1) is 16.5 Å². The van der Waals surface area contributed by atoms with Gasteiger partial charge in [-0.3, -0.25) is 4.79 Å². The number of carbonyl (C=O) groups excluding carboxylic acids is 1. The second-order valence-electron chi connectivity index (χ2n) is 7.24. The minimum Gasteiger partial charge on any atom is -0.302 e. The van der Waals surface area contributed by atoms with Crippen LogP contribution in [-0.4, -0.2) is 36.7 Å². The number of aromatic nitrogens is 1. The summed E-state index contributed by atoms with van der Waals surface area (Å²) >= 11 is 1.52. The smallest absolute Gasteiger partial charge is 0.243 e. The van der Waals surface area contributed by atoms with Crippen LogP contribution in [0.3, 0.4) is 0 Å². The Morgan fingerprint density at radius 1 is 1.18 bits per heavy atom. The summed E-state index contributed by atoms with van der Waals surface area (Å²) in [5.74, 6) is -1.10. The van der Waals surface area contributed by atoms with Gasteiger partial charge < -0.3 is 5.32 Å². The predicted octanol–water partition coefficient (Wildman–Crippen LogP) is 3.20. The van der Waals surface area contributed by atoms with Gasteiger partial charge in [0.15, 0.2) is 5.13 Å². The van der Waals surface area contributed by atoms with Gasteiger partial charge in [0.2, 0.25) is 15.9 Å². The molecule has 1 unspecified atom stereocenters. The van der Waals surface area contributed by atoms with Crippen molar-refractivity contribution in [3.63, 3.8) is 0 Å². The Morgan fingerprint density at radius 2 is 1.93 bits per heavy atom. The number of piperidine rings is 1. The molecule has 1 aromatic carbocycles. The van der Waals surface area contributed by atoms with E-state index in [1.54, 1.807) is 0 Å². The first-order valence-corrected chi connectivity index (χ1v) is 11.7. The number of rotatable bonds is 4. The third-order valence-corrected chi connectivity index (χ3v) is 8.23. The number of hydrogen-bond donors (Lipinski definition) is 1. The highest BCUT2D eigenvalue weighted by atomic mass is 32.2. The SMILES string of the molecule is O=C(Nc1nc2c(s1)CCCC2)C1CCCN(S(=O)(=O)c2ccc(F)cc2)C1. The van der Waals surface area contributed by atoms with Crippen LogP contribution >= 0.6 is 11.3 Å². The van der Waals surface area contributed by atoms with Crippen molar-refractivity contribution < 1.29 is 17.6 Å². The predicted molar refractivity (Wildman–Crippen MR) is 105 cm³/mol. The summed E-state index contributed by atoms with van der Waals surface area (Å²) in [6, 6.07) is 4.78. The number of thiazole rings is 1. The molecule has 2 aromatic rings. The molecule has 2 heterocycles. The van der Waals surface area contributed by atoms with Crippen molar-refractivity contribution in [2.45, 2.75) is 43.4 Å². The van der Waals surface area contributed by atoms with E-state index in [0.29, 0.717) is 24.5 Å². The maximum Gasteiger partial charge on any atom is 0.243 e. The van der Waals surface area contributed by atoms with Gasteiger partial charge in [0.25, 0.3) is 0 Å². The highest BCUT2D eigenvalue weighted by Crippen LogP contribution is 2.31. The first-order chi connectivity index (χ1) is 13.4. The van der Waals surface area contributed by atoms with Gasteiger partial charge in [-0.15, -0.1) is 11.3 Å². The molecule has 1 fully saturated rings. The Labute approximate surface area is 167 Å². The molecule has 4 rings (SSSR count). The van der Waals surface area contributed by atoms with Gasteiger partial charge >= 0.3 is 0 Å². The van der Waals surface area contributed by atoms with E-state index in [-0.39, 0.29) is 17.3 Å². The number of aryl methyl sites for hydroxylation is 2. The normalized spacial score (nSPS) is 20.5. The van der Waals surface area contributed by atoms with E-state index >= 15 is 0 Å². The molecule has 1 atom stereocenters. The van der Waals surface area contributed by atoms with Crippen LogP contribution in [0.1, 0.15) is 36.3 Å². The van der Waals surface area contributed by atoms with Crippen LogP contribution in [0.2, 0.25) is 0 Å². The fourth-order valence-corrected chi connectivity index (χ4v) is 6.32. The molecule has 0 saturated carbocycles. The van der Waals surface area contributed by atoms with E-state index in [1.165, 1.54) is 32.7 Å². The average molecular weight is 424 g/mol. The van der Waals surface area contributed by atoms with Crippen LogP contribution in [0.25, 0.3) is 0 Å². The van der Waals surface area contributed by atoms with Crippen molar-refractivity contribution in [1.82, 2.24) is 9.29 Å². The van der Waals surface area contributed by atoms with Crippen molar-refractivity contribution in [3.05, 3.63) is 40.7 Å². The maximum absolute atomic E-state index is 13.1. The topological polar surface area (TPSA) is 79.4 Å². The largest absolute Gasteiger partial charge is 0.302 e. The number of fused-ring (bicyclic) bond motifs is 1. The van der Waals surface area contributed by atoms with E-state index in [0.717, 1.165) is 43.5 Å². The van der Waals surface area contributed by atoms with Gasteiger partial charge in [-0.25, -0.2) is 17.8 Å². The van der Waals surface area contributed by atoms with Gasteiger partial charge in [-0.05, 0) is 62.8 Å². The zero-order chi connectivity index (χ0) is 19.7. The lowest BCUT2D eigenvalue weighted by molar-refractivity contribution is -0.120. The molecular weight excluding hydrogens is 401 g/mol. The number of hydrogen-bond acceptors (Lipinski definition) is 5. The molecule has 9 heteroatoms. The lowest BCUT2D eigenvalue weighted by Gasteiger charge is -2.31. The summed E-state index contributed by atoms with van der Waals surface area (Å²) in [6.07, 6.45) is 5.48. The summed E-state index contributed by atoms with van der Waals surface area (Å²) in [4.78, 5) is 18.5. The van der Waals surface area contributed by atoms with Crippen molar-refractivity contribution in [2.24, 2.45) is 5.92 Å². The van der Waals surface area contributed by atoms with Gasteiger partial charge in [0.1, 0.15) is 5.82 Å². The first-order valence-electron chi connectivity index (χ1n) is 9.48. The minimum atomic E-state index is -3.75. The van der Waals surface area contributed by atoms with Crippen LogP contribution in [0.5, 0.6) is 0 Å². The van der Waals surface area contributed by atoms with Crippen LogP contribution < -0.4 is 5.32 Å². The summed E-state index contributed by atoms with van der Waals surface area (Å²) in [5, 5.41) is 3.49. The summed E-state index contributed by atoms with van der Waals surface area (Å²) in [7, 11) is -3.75. The van der Waals surface area contributed by atoms with Crippen LogP contribution in [-0.2, 0) is 27.7 Å². The monoisotopic (exact) mass is 423 g/mol. The number of amides is 1. The van der Waals surface area contributed by atoms with E-state index < -0.39 is 21.8 Å². The van der Waals surface area contributed by atoms with Crippen LogP contribution in [0.4, 0.5) is 9.52 Å². The first kappa shape index (κ1) is 19.5. The number of nitrogens with zero attached hydrogens (tertiary/aromatic N) is 2. The van der Waals surface area contributed by atoms with E-state index in [4.69, 9.17) is 0 Å². The molecule has 1 saturated heterocycles. The Morgan fingerprint density at radius 3 is 2.68 bits per heavy atom. The quantitative estimate of drug-likeness (QED) is 0.819. The Balaban J connectivity index is 1.45.